The summed E-state index contributed by atoms with van der Waals surface area (Å²) in [6, 6.07) is 18.3. The number of methoxy groups -OCH3 is 1. The van der Waals surface area contributed by atoms with Crippen molar-refractivity contribution in [1.82, 2.24) is 10.3 Å². The van der Waals surface area contributed by atoms with E-state index in [2.05, 4.69) is 34.7 Å². The van der Waals surface area contributed by atoms with Crippen LogP contribution < -0.4 is 14.8 Å². The van der Waals surface area contributed by atoms with Gasteiger partial charge in [-0.25, -0.2) is 4.39 Å². The number of para-hydroxylation sites is 1. The van der Waals surface area contributed by atoms with Gasteiger partial charge in [0.15, 0.2) is 11.5 Å². The Morgan fingerprint density at radius 3 is 2.65 bits per heavy atom. The highest BCUT2D eigenvalue weighted by Gasteiger charge is 2.13. The third kappa shape index (κ3) is 5.19. The molecular weight excluding hydrogens is 415 g/mol. The minimum Gasteiger partial charge on any atom is -0.493 e. The summed E-state index contributed by atoms with van der Waals surface area (Å²) in [5.74, 6) is 0.778. The van der Waals surface area contributed by atoms with Gasteiger partial charge in [-0.3, -0.25) is 0 Å². The maximum absolute atomic E-state index is 13.1. The van der Waals surface area contributed by atoms with E-state index >= 15 is 0 Å². The number of aromatic nitrogens is 1. The Morgan fingerprint density at radius 1 is 1.03 bits per heavy atom. The zero-order chi connectivity index (χ0) is 21.6. The molecule has 0 saturated carbocycles. The van der Waals surface area contributed by atoms with E-state index in [9.17, 15) is 4.39 Å². The number of rotatable bonds is 9. The summed E-state index contributed by atoms with van der Waals surface area (Å²) in [7, 11) is 1.59. The molecule has 0 fully saturated rings. The summed E-state index contributed by atoms with van der Waals surface area (Å²) in [6.07, 6.45) is 2.99. The van der Waals surface area contributed by atoms with Crippen LogP contribution >= 0.6 is 11.6 Å². The molecule has 4 rings (SSSR count). The maximum atomic E-state index is 13.1. The summed E-state index contributed by atoms with van der Waals surface area (Å²) in [5.41, 5.74) is 4.31. The van der Waals surface area contributed by atoms with E-state index in [0.717, 1.165) is 29.6 Å². The molecular formula is C25H24ClFN2O2. The lowest BCUT2D eigenvalue weighted by molar-refractivity contribution is 0.284. The first-order chi connectivity index (χ1) is 15.1. The Kier molecular flexibility index (Phi) is 6.75. The van der Waals surface area contributed by atoms with Crippen molar-refractivity contribution in [3.8, 4) is 11.5 Å². The standard InChI is InChI=1S/C25H24ClFN2O2/c1-30-24-13-18(12-22(26)25(24)31-16-17-6-8-20(27)9-7-17)14-28-11-10-19-15-29-23-5-3-2-4-21(19)23/h2-9,12-13,15,28-29H,10-11,14,16H2,1H3. The molecule has 1 heterocycles. The minimum atomic E-state index is -0.277. The van der Waals surface area contributed by atoms with E-state index in [1.165, 1.54) is 23.1 Å². The molecule has 6 heteroatoms. The monoisotopic (exact) mass is 438 g/mol. The number of halogens is 2. The van der Waals surface area contributed by atoms with Crippen LogP contribution in [-0.4, -0.2) is 18.6 Å². The first-order valence-electron chi connectivity index (χ1n) is 10.1. The Morgan fingerprint density at radius 2 is 1.84 bits per heavy atom. The third-order valence-corrected chi connectivity index (χ3v) is 5.44. The van der Waals surface area contributed by atoms with Gasteiger partial charge in [0.05, 0.1) is 12.1 Å². The lowest BCUT2D eigenvalue weighted by Crippen LogP contribution is -2.16. The third-order valence-electron chi connectivity index (χ3n) is 5.16. The number of ether oxygens (including phenoxy) is 2. The van der Waals surface area contributed by atoms with Crippen LogP contribution in [0.15, 0.2) is 66.9 Å². The second-order valence-corrected chi connectivity index (χ2v) is 7.72. The second kappa shape index (κ2) is 9.86. The number of nitrogens with one attached hydrogen (secondary N) is 2. The lowest BCUT2D eigenvalue weighted by Gasteiger charge is -2.15. The number of hydrogen-bond donors (Lipinski definition) is 2. The van der Waals surface area contributed by atoms with Crippen LogP contribution in [-0.2, 0) is 19.6 Å². The van der Waals surface area contributed by atoms with E-state index in [1.807, 2.05) is 18.2 Å². The van der Waals surface area contributed by atoms with Crippen LogP contribution in [0.4, 0.5) is 4.39 Å². The molecule has 0 atom stereocenters. The van der Waals surface area contributed by atoms with E-state index < -0.39 is 0 Å². The predicted molar refractivity (Wildman–Crippen MR) is 122 cm³/mol. The average Bonchev–Trinajstić information content (AvgIpc) is 3.20. The van der Waals surface area contributed by atoms with Crippen molar-refractivity contribution in [3.63, 3.8) is 0 Å². The molecule has 0 bridgehead atoms. The zero-order valence-corrected chi connectivity index (χ0v) is 18.0. The van der Waals surface area contributed by atoms with Gasteiger partial charge in [-0.2, -0.15) is 0 Å². The van der Waals surface area contributed by atoms with Crippen LogP contribution in [0.1, 0.15) is 16.7 Å². The summed E-state index contributed by atoms with van der Waals surface area (Å²) in [5, 5.41) is 5.20. The van der Waals surface area contributed by atoms with Crippen molar-refractivity contribution in [2.75, 3.05) is 13.7 Å². The fraction of sp³-hybridized carbons (Fsp3) is 0.200. The van der Waals surface area contributed by atoms with Crippen LogP contribution in [0.3, 0.4) is 0 Å². The molecule has 0 unspecified atom stereocenters. The van der Waals surface area contributed by atoms with E-state index in [-0.39, 0.29) is 12.4 Å². The number of hydrogen-bond acceptors (Lipinski definition) is 3. The normalized spacial score (nSPS) is 11.1. The lowest BCUT2D eigenvalue weighted by atomic mass is 10.1. The maximum Gasteiger partial charge on any atom is 0.180 e. The quantitative estimate of drug-likeness (QED) is 0.321. The van der Waals surface area contributed by atoms with E-state index in [4.69, 9.17) is 21.1 Å². The molecule has 4 nitrogen and oxygen atoms in total. The van der Waals surface area contributed by atoms with E-state index in [1.54, 1.807) is 19.2 Å². The van der Waals surface area contributed by atoms with Crippen molar-refractivity contribution in [2.45, 2.75) is 19.6 Å². The molecule has 3 aromatic carbocycles. The minimum absolute atomic E-state index is 0.276. The molecule has 31 heavy (non-hydrogen) atoms. The van der Waals surface area contributed by atoms with Crippen LogP contribution in [0.25, 0.3) is 10.9 Å². The van der Waals surface area contributed by atoms with Crippen molar-refractivity contribution < 1.29 is 13.9 Å². The second-order valence-electron chi connectivity index (χ2n) is 7.31. The van der Waals surface area contributed by atoms with Gasteiger partial charge < -0.3 is 19.8 Å². The molecule has 0 aliphatic carbocycles. The SMILES string of the molecule is COc1cc(CNCCc2c[nH]c3ccccc23)cc(Cl)c1OCc1ccc(F)cc1. The smallest absolute Gasteiger partial charge is 0.180 e. The fourth-order valence-corrected chi connectivity index (χ4v) is 3.83. The molecule has 0 saturated heterocycles. The molecule has 0 radical (unpaired) electrons. The van der Waals surface area contributed by atoms with Gasteiger partial charge in [0.2, 0.25) is 0 Å². The summed E-state index contributed by atoms with van der Waals surface area (Å²) in [6.45, 7) is 1.78. The molecule has 2 N–H and O–H groups in total. The van der Waals surface area contributed by atoms with E-state index in [0.29, 0.717) is 23.1 Å². The Bertz CT molecular complexity index is 1160. The Balaban J connectivity index is 1.35. The molecule has 4 aromatic rings. The van der Waals surface area contributed by atoms with Gasteiger partial charge in [-0.05, 0) is 60.0 Å². The van der Waals surface area contributed by atoms with Gasteiger partial charge in [0, 0.05) is 23.6 Å². The topological polar surface area (TPSA) is 46.3 Å². The van der Waals surface area contributed by atoms with Crippen LogP contribution in [0.2, 0.25) is 5.02 Å². The number of benzene rings is 3. The highest BCUT2D eigenvalue weighted by Crippen LogP contribution is 2.37. The molecule has 0 amide bonds. The largest absolute Gasteiger partial charge is 0.493 e. The average molecular weight is 439 g/mol. The molecule has 1 aromatic heterocycles. The number of fused-ring (bicyclic) bond motifs is 1. The Hall–Kier alpha value is -3.02. The molecule has 0 spiro atoms. The number of H-pyrrole nitrogens is 1. The van der Waals surface area contributed by atoms with Gasteiger partial charge >= 0.3 is 0 Å². The fourth-order valence-electron chi connectivity index (χ4n) is 3.55. The van der Waals surface area contributed by atoms with Crippen molar-refractivity contribution in [1.29, 1.82) is 0 Å². The number of aromatic amines is 1. The van der Waals surface area contributed by atoms with Crippen LogP contribution in [0.5, 0.6) is 11.5 Å². The van der Waals surface area contributed by atoms with Gasteiger partial charge in [-0.1, -0.05) is 41.9 Å². The highest BCUT2D eigenvalue weighted by atomic mass is 35.5. The first-order valence-corrected chi connectivity index (χ1v) is 10.5. The predicted octanol–water partition coefficient (Wildman–Crippen LogP) is 5.88. The molecule has 0 aliphatic rings. The summed E-state index contributed by atoms with van der Waals surface area (Å²) < 4.78 is 24.4. The van der Waals surface area contributed by atoms with Crippen molar-refractivity contribution in [3.05, 3.63) is 94.4 Å². The summed E-state index contributed by atoms with van der Waals surface area (Å²) in [4.78, 5) is 3.31. The van der Waals surface area contributed by atoms with Crippen molar-refractivity contribution >= 4 is 22.5 Å². The highest BCUT2D eigenvalue weighted by molar-refractivity contribution is 6.32. The molecule has 160 valence electrons. The van der Waals surface area contributed by atoms with Crippen LogP contribution in [0, 0.1) is 5.82 Å². The zero-order valence-electron chi connectivity index (χ0n) is 17.3. The first kappa shape index (κ1) is 21.2. The van der Waals surface area contributed by atoms with Gasteiger partial charge in [0.1, 0.15) is 12.4 Å². The summed E-state index contributed by atoms with van der Waals surface area (Å²) >= 11 is 6.47. The van der Waals surface area contributed by atoms with Gasteiger partial charge in [-0.15, -0.1) is 0 Å². The van der Waals surface area contributed by atoms with Gasteiger partial charge in [0.25, 0.3) is 0 Å². The molecule has 0 aliphatic heterocycles. The van der Waals surface area contributed by atoms with Crippen molar-refractivity contribution in [2.24, 2.45) is 0 Å². The Labute approximate surface area is 186 Å².